The Bertz CT molecular complexity index is 176. The molecule has 0 aromatic rings. The summed E-state index contributed by atoms with van der Waals surface area (Å²) < 4.78 is 4.82. The van der Waals surface area contributed by atoms with Crippen molar-refractivity contribution in [3.05, 3.63) is 49.1 Å². The van der Waals surface area contributed by atoms with Gasteiger partial charge in [-0.1, -0.05) is 57.4 Å². The lowest BCUT2D eigenvalue weighted by Crippen LogP contribution is -1.80. The number of allylic oxidation sites excluding steroid dienone is 5. The van der Waals surface area contributed by atoms with Gasteiger partial charge in [0.25, 0.3) is 0 Å². The van der Waals surface area contributed by atoms with Gasteiger partial charge in [0, 0.05) is 7.11 Å². The number of ether oxygens (including phenoxy) is 1. The molecule has 0 radical (unpaired) electrons. The van der Waals surface area contributed by atoms with E-state index in [4.69, 9.17) is 4.74 Å². The van der Waals surface area contributed by atoms with Crippen LogP contribution in [0.3, 0.4) is 0 Å². The van der Waals surface area contributed by atoms with Crippen LogP contribution < -0.4 is 0 Å². The summed E-state index contributed by atoms with van der Waals surface area (Å²) >= 11 is 0. The molecular formula is C12H20O. The molecule has 0 bridgehead atoms. The average Bonchev–Trinajstić information content (AvgIpc) is 2.18. The Labute approximate surface area is 82.1 Å². The molecule has 74 valence electrons. The van der Waals surface area contributed by atoms with Gasteiger partial charge in [-0.15, -0.1) is 0 Å². The Morgan fingerprint density at radius 2 is 1.92 bits per heavy atom. The van der Waals surface area contributed by atoms with Crippen LogP contribution in [0.15, 0.2) is 49.1 Å². The van der Waals surface area contributed by atoms with Crippen LogP contribution in [0.5, 0.6) is 0 Å². The van der Waals surface area contributed by atoms with E-state index >= 15 is 0 Å². The molecule has 0 aromatic carbocycles. The molecule has 0 saturated heterocycles. The fourth-order valence-electron chi connectivity index (χ4n) is 0.543. The maximum Gasteiger partial charge on any atom is 0.0646 e. The molecular weight excluding hydrogens is 160 g/mol. The third-order valence-electron chi connectivity index (χ3n) is 1.04. The highest BCUT2D eigenvalue weighted by atomic mass is 16.5. The summed E-state index contributed by atoms with van der Waals surface area (Å²) in [6, 6.07) is 0. The van der Waals surface area contributed by atoms with Gasteiger partial charge in [0.2, 0.25) is 0 Å². The van der Waals surface area contributed by atoms with Gasteiger partial charge in [0.1, 0.15) is 0 Å². The topological polar surface area (TPSA) is 9.23 Å². The zero-order chi connectivity index (χ0) is 10.5. The average molecular weight is 180 g/mol. The van der Waals surface area contributed by atoms with Crippen molar-refractivity contribution in [2.24, 2.45) is 0 Å². The molecule has 0 aliphatic rings. The molecule has 0 atom stereocenters. The van der Waals surface area contributed by atoms with Gasteiger partial charge < -0.3 is 4.74 Å². The summed E-state index contributed by atoms with van der Waals surface area (Å²) in [7, 11) is 1.66. The normalized spacial score (nSPS) is 9.77. The zero-order valence-electron chi connectivity index (χ0n) is 8.92. The molecule has 0 aliphatic carbocycles. The summed E-state index contributed by atoms with van der Waals surface area (Å²) in [6.45, 7) is 12.0. The minimum Gasteiger partial charge on any atom is -0.381 e. The lowest BCUT2D eigenvalue weighted by molar-refractivity contribution is 0.234. The molecule has 1 nitrogen and oxygen atoms in total. The highest BCUT2D eigenvalue weighted by Gasteiger charge is 1.77. The van der Waals surface area contributed by atoms with E-state index in [9.17, 15) is 0 Å². The van der Waals surface area contributed by atoms with E-state index in [1.54, 1.807) is 13.2 Å². The van der Waals surface area contributed by atoms with Gasteiger partial charge in [0.15, 0.2) is 0 Å². The smallest absolute Gasteiger partial charge is 0.0646 e. The van der Waals surface area contributed by atoms with Crippen LogP contribution >= 0.6 is 0 Å². The van der Waals surface area contributed by atoms with E-state index in [0.29, 0.717) is 6.61 Å². The number of methoxy groups -OCH3 is 1. The molecule has 13 heavy (non-hydrogen) atoms. The SMILES string of the molecule is C=C/C=C\C(=C)/C=C/COC.CC. The van der Waals surface area contributed by atoms with Gasteiger partial charge in [-0.2, -0.15) is 0 Å². The molecule has 0 amide bonds. The lowest BCUT2D eigenvalue weighted by atomic mass is 10.2. The summed E-state index contributed by atoms with van der Waals surface area (Å²) in [5.41, 5.74) is 0.946. The number of rotatable bonds is 5. The van der Waals surface area contributed by atoms with E-state index in [0.717, 1.165) is 5.57 Å². The zero-order valence-corrected chi connectivity index (χ0v) is 8.92. The first-order valence-electron chi connectivity index (χ1n) is 4.44. The second-order valence-corrected chi connectivity index (χ2v) is 2.03. The maximum absolute atomic E-state index is 4.82. The summed E-state index contributed by atoms with van der Waals surface area (Å²) in [5.74, 6) is 0. The van der Waals surface area contributed by atoms with E-state index in [-0.39, 0.29) is 0 Å². The third-order valence-corrected chi connectivity index (χ3v) is 1.04. The van der Waals surface area contributed by atoms with E-state index in [1.165, 1.54) is 0 Å². The summed E-state index contributed by atoms with van der Waals surface area (Å²) in [6.07, 6.45) is 9.27. The van der Waals surface area contributed by atoms with Crippen molar-refractivity contribution in [3.63, 3.8) is 0 Å². The van der Waals surface area contributed by atoms with Gasteiger partial charge in [-0.25, -0.2) is 0 Å². The van der Waals surface area contributed by atoms with E-state index in [1.807, 2.05) is 38.2 Å². The van der Waals surface area contributed by atoms with E-state index < -0.39 is 0 Å². The molecule has 0 fully saturated rings. The molecule has 0 saturated carbocycles. The minimum atomic E-state index is 0.626. The summed E-state index contributed by atoms with van der Waals surface area (Å²) in [4.78, 5) is 0. The highest BCUT2D eigenvalue weighted by Crippen LogP contribution is 1.94. The number of hydrogen-bond acceptors (Lipinski definition) is 1. The molecule has 0 aliphatic heterocycles. The molecule has 0 N–H and O–H groups in total. The predicted molar refractivity (Wildman–Crippen MR) is 60.8 cm³/mol. The largest absolute Gasteiger partial charge is 0.381 e. The van der Waals surface area contributed by atoms with Crippen LogP contribution in [0.25, 0.3) is 0 Å². The van der Waals surface area contributed by atoms with Crippen LogP contribution in [0.4, 0.5) is 0 Å². The quantitative estimate of drug-likeness (QED) is 0.588. The lowest BCUT2D eigenvalue weighted by Gasteiger charge is -1.88. The molecule has 1 heteroatoms. The molecule has 0 unspecified atom stereocenters. The van der Waals surface area contributed by atoms with Crippen molar-refractivity contribution in [2.45, 2.75) is 13.8 Å². The number of hydrogen-bond donors (Lipinski definition) is 0. The maximum atomic E-state index is 4.82. The highest BCUT2D eigenvalue weighted by molar-refractivity contribution is 5.28. The van der Waals surface area contributed by atoms with Crippen LogP contribution in [0, 0.1) is 0 Å². The van der Waals surface area contributed by atoms with Crippen LogP contribution in [0.2, 0.25) is 0 Å². The van der Waals surface area contributed by atoms with Crippen molar-refractivity contribution in [1.29, 1.82) is 0 Å². The van der Waals surface area contributed by atoms with Crippen molar-refractivity contribution in [2.75, 3.05) is 13.7 Å². The van der Waals surface area contributed by atoms with Crippen LogP contribution in [0.1, 0.15) is 13.8 Å². The molecule has 0 aromatic heterocycles. The second-order valence-electron chi connectivity index (χ2n) is 2.03. The predicted octanol–water partition coefficient (Wildman–Crippen LogP) is 3.51. The fourth-order valence-corrected chi connectivity index (χ4v) is 0.543. The first-order chi connectivity index (χ1) is 6.31. The standard InChI is InChI=1S/C10H14O.C2H6/c1-4-5-7-10(2)8-6-9-11-3;1-2/h4-8H,1-2,9H2,3H3;1-2H3/b7-5-,8-6+;. The van der Waals surface area contributed by atoms with Crippen LogP contribution in [-0.4, -0.2) is 13.7 Å². The van der Waals surface area contributed by atoms with Gasteiger partial charge in [0.05, 0.1) is 6.61 Å². The Kier molecular flexibility index (Phi) is 15.0. The van der Waals surface area contributed by atoms with Gasteiger partial charge in [-0.3, -0.25) is 0 Å². The third kappa shape index (κ3) is 13.9. The van der Waals surface area contributed by atoms with Crippen LogP contribution in [-0.2, 0) is 4.74 Å². The van der Waals surface area contributed by atoms with Gasteiger partial charge in [-0.05, 0) is 5.57 Å². The minimum absolute atomic E-state index is 0.626. The van der Waals surface area contributed by atoms with Gasteiger partial charge >= 0.3 is 0 Å². The second kappa shape index (κ2) is 13.5. The van der Waals surface area contributed by atoms with Crippen molar-refractivity contribution in [3.8, 4) is 0 Å². The Morgan fingerprint density at radius 3 is 2.38 bits per heavy atom. The Balaban J connectivity index is 0. The summed E-state index contributed by atoms with van der Waals surface area (Å²) in [5, 5.41) is 0. The molecule has 0 heterocycles. The van der Waals surface area contributed by atoms with Crippen molar-refractivity contribution < 1.29 is 4.74 Å². The van der Waals surface area contributed by atoms with Crippen molar-refractivity contribution in [1.82, 2.24) is 0 Å². The molecule has 0 rings (SSSR count). The fraction of sp³-hybridized carbons (Fsp3) is 0.333. The van der Waals surface area contributed by atoms with Crippen molar-refractivity contribution >= 4 is 0 Å². The first kappa shape index (κ1) is 14.4. The molecule has 0 spiro atoms. The van der Waals surface area contributed by atoms with E-state index in [2.05, 4.69) is 13.2 Å². The first-order valence-corrected chi connectivity index (χ1v) is 4.44. The Hall–Kier alpha value is -1.08. The monoisotopic (exact) mass is 180 g/mol. The Morgan fingerprint density at radius 1 is 1.31 bits per heavy atom.